The van der Waals surface area contributed by atoms with Crippen LogP contribution in [-0.4, -0.2) is 45.1 Å². The first kappa shape index (κ1) is 20.2. The summed E-state index contributed by atoms with van der Waals surface area (Å²) in [6.07, 6.45) is 3.85. The number of nitrogens with two attached hydrogens (primary N) is 1. The van der Waals surface area contributed by atoms with Crippen LogP contribution in [0.2, 0.25) is 0 Å². The Kier molecular flexibility index (Phi) is 7.30. The number of aromatic nitrogens is 2. The second kappa shape index (κ2) is 9.02. The third-order valence-corrected chi connectivity index (χ3v) is 6.09. The number of piperidine rings is 1. The quantitative estimate of drug-likeness (QED) is 0.827. The molecule has 3 heterocycles. The third-order valence-electron chi connectivity index (χ3n) is 4.39. The summed E-state index contributed by atoms with van der Waals surface area (Å²) in [6, 6.07) is 1.67. The number of carbonyl (C=O) groups is 1. The highest BCUT2D eigenvalue weighted by Gasteiger charge is 2.25. The molecule has 1 fully saturated rings. The van der Waals surface area contributed by atoms with Crippen LogP contribution in [0.1, 0.15) is 25.5 Å². The minimum Gasteiger partial charge on any atom is -0.342 e. The highest BCUT2D eigenvalue weighted by molar-refractivity contribution is 7.99. The largest absolute Gasteiger partial charge is 0.342 e. The van der Waals surface area contributed by atoms with Gasteiger partial charge in [0.15, 0.2) is 4.96 Å². The number of hydrogen-bond donors (Lipinski definition) is 1. The van der Waals surface area contributed by atoms with Gasteiger partial charge in [0.1, 0.15) is 0 Å². The van der Waals surface area contributed by atoms with E-state index >= 15 is 0 Å². The van der Waals surface area contributed by atoms with E-state index in [4.69, 9.17) is 5.73 Å². The second-order valence-corrected chi connectivity index (χ2v) is 8.09. The SMILES string of the molecule is CC(N)C1CCCN(C(=O)CSCc2cc(=O)n3ccsc3n2)C1.Cl. The lowest BCUT2D eigenvalue weighted by molar-refractivity contribution is -0.130. The molecule has 2 N–H and O–H groups in total. The first-order valence-corrected chi connectivity index (χ1v) is 10.1. The molecule has 9 heteroatoms. The molecule has 0 aromatic carbocycles. The minimum atomic E-state index is -0.0704. The van der Waals surface area contributed by atoms with Gasteiger partial charge in [0, 0.05) is 42.5 Å². The normalized spacial score (nSPS) is 18.8. The van der Waals surface area contributed by atoms with Crippen molar-refractivity contribution in [1.82, 2.24) is 14.3 Å². The predicted molar refractivity (Wildman–Crippen MR) is 106 cm³/mol. The lowest BCUT2D eigenvalue weighted by Crippen LogP contribution is -2.45. The van der Waals surface area contributed by atoms with Crippen molar-refractivity contribution in [2.24, 2.45) is 11.7 Å². The first-order valence-electron chi connectivity index (χ1n) is 8.11. The number of hydrogen-bond acceptors (Lipinski definition) is 6. The predicted octanol–water partition coefficient (Wildman–Crippen LogP) is 2.00. The second-order valence-electron chi connectivity index (χ2n) is 6.24. The lowest BCUT2D eigenvalue weighted by atomic mass is 9.92. The molecule has 1 amide bonds. The number of nitrogens with zero attached hydrogens (tertiary/aromatic N) is 3. The molecule has 1 aliphatic rings. The molecule has 1 aliphatic heterocycles. The third kappa shape index (κ3) is 4.97. The molecular weight excluding hydrogens is 380 g/mol. The van der Waals surface area contributed by atoms with Crippen LogP contribution >= 0.6 is 35.5 Å². The van der Waals surface area contributed by atoms with E-state index in [2.05, 4.69) is 4.98 Å². The molecule has 0 spiro atoms. The van der Waals surface area contributed by atoms with Crippen LogP contribution in [0.3, 0.4) is 0 Å². The van der Waals surface area contributed by atoms with Crippen molar-refractivity contribution in [3.05, 3.63) is 33.7 Å². The topological polar surface area (TPSA) is 80.7 Å². The van der Waals surface area contributed by atoms with Crippen LogP contribution < -0.4 is 11.3 Å². The van der Waals surface area contributed by atoms with Crippen LogP contribution in [0, 0.1) is 5.92 Å². The zero-order valence-electron chi connectivity index (χ0n) is 14.1. The summed E-state index contributed by atoms with van der Waals surface area (Å²) in [7, 11) is 0. The van der Waals surface area contributed by atoms with E-state index in [1.165, 1.54) is 27.5 Å². The van der Waals surface area contributed by atoms with Gasteiger partial charge in [0.25, 0.3) is 5.56 Å². The number of fused-ring (bicyclic) bond motifs is 1. The molecule has 0 saturated carbocycles. The smallest absolute Gasteiger partial charge is 0.258 e. The Labute approximate surface area is 161 Å². The van der Waals surface area contributed by atoms with Gasteiger partial charge < -0.3 is 10.6 Å². The van der Waals surface area contributed by atoms with E-state index in [9.17, 15) is 9.59 Å². The molecule has 6 nitrogen and oxygen atoms in total. The van der Waals surface area contributed by atoms with Crippen LogP contribution in [0.5, 0.6) is 0 Å². The van der Waals surface area contributed by atoms with Crippen LogP contribution in [0.15, 0.2) is 22.4 Å². The number of halogens is 1. The fraction of sp³-hybridized carbons (Fsp3) is 0.562. The highest BCUT2D eigenvalue weighted by Crippen LogP contribution is 2.20. The highest BCUT2D eigenvalue weighted by atomic mass is 35.5. The van der Waals surface area contributed by atoms with Gasteiger partial charge in [-0.2, -0.15) is 0 Å². The monoisotopic (exact) mass is 402 g/mol. The molecule has 2 atom stereocenters. The van der Waals surface area contributed by atoms with Gasteiger partial charge in [-0.25, -0.2) is 4.98 Å². The molecule has 0 bridgehead atoms. The van der Waals surface area contributed by atoms with Crippen molar-refractivity contribution >= 4 is 46.4 Å². The maximum atomic E-state index is 12.4. The average Bonchev–Trinajstić information content (AvgIpc) is 3.04. The van der Waals surface area contributed by atoms with Gasteiger partial charge in [-0.05, 0) is 25.7 Å². The Bertz CT molecular complexity index is 777. The molecule has 0 aliphatic carbocycles. The Morgan fingerprint density at radius 1 is 1.56 bits per heavy atom. The Balaban J connectivity index is 0.00000225. The standard InChI is InChI=1S/C16H22N4O2S2.ClH/c1-11(17)12-3-2-4-19(8-12)15(22)10-23-9-13-7-14(21)20-5-6-24-16(20)18-13;/h5-7,11-12H,2-4,8-10,17H2,1H3;1H. The number of likely N-dealkylation sites (tertiary alicyclic amines) is 1. The molecule has 2 aromatic heterocycles. The van der Waals surface area contributed by atoms with Crippen LogP contribution in [0.25, 0.3) is 4.96 Å². The zero-order valence-corrected chi connectivity index (χ0v) is 16.5. The first-order chi connectivity index (χ1) is 11.5. The molecule has 1 saturated heterocycles. The zero-order chi connectivity index (χ0) is 17.1. The number of thiazole rings is 1. The van der Waals surface area contributed by atoms with Gasteiger partial charge in [-0.15, -0.1) is 35.5 Å². The molecule has 3 rings (SSSR count). The van der Waals surface area contributed by atoms with Crippen molar-refractivity contribution < 1.29 is 4.79 Å². The van der Waals surface area contributed by atoms with Gasteiger partial charge in [-0.3, -0.25) is 14.0 Å². The average molecular weight is 403 g/mol. The Morgan fingerprint density at radius 3 is 3.12 bits per heavy atom. The summed E-state index contributed by atoms with van der Waals surface area (Å²) in [5, 5.41) is 1.84. The molecule has 138 valence electrons. The van der Waals surface area contributed by atoms with Gasteiger partial charge in [-0.1, -0.05) is 0 Å². The van der Waals surface area contributed by atoms with Gasteiger partial charge in [0.05, 0.1) is 11.4 Å². The summed E-state index contributed by atoms with van der Waals surface area (Å²) in [6.45, 7) is 3.60. The summed E-state index contributed by atoms with van der Waals surface area (Å²) in [4.78, 5) is 31.4. The fourth-order valence-electron chi connectivity index (χ4n) is 2.96. The van der Waals surface area contributed by atoms with E-state index in [0.717, 1.165) is 31.6 Å². The fourth-order valence-corrected chi connectivity index (χ4v) is 4.52. The van der Waals surface area contributed by atoms with Crippen molar-refractivity contribution in [3.63, 3.8) is 0 Å². The summed E-state index contributed by atoms with van der Waals surface area (Å²) < 4.78 is 1.53. The maximum Gasteiger partial charge on any atom is 0.258 e. The molecular formula is C16H23ClN4O2S2. The summed E-state index contributed by atoms with van der Waals surface area (Å²) in [5.41, 5.74) is 6.63. The Hall–Kier alpha value is -1.09. The minimum absolute atomic E-state index is 0. The number of carbonyl (C=O) groups excluding carboxylic acids is 1. The van der Waals surface area contributed by atoms with Gasteiger partial charge in [0.2, 0.25) is 5.91 Å². The van der Waals surface area contributed by atoms with Crippen molar-refractivity contribution in [3.8, 4) is 0 Å². The number of thioether (sulfide) groups is 1. The van der Waals surface area contributed by atoms with Crippen molar-refractivity contribution in [1.29, 1.82) is 0 Å². The molecule has 0 radical (unpaired) electrons. The molecule has 25 heavy (non-hydrogen) atoms. The Morgan fingerprint density at radius 2 is 2.36 bits per heavy atom. The van der Waals surface area contributed by atoms with Crippen molar-refractivity contribution in [2.45, 2.75) is 31.6 Å². The molecule has 2 unspecified atom stereocenters. The lowest BCUT2D eigenvalue weighted by Gasteiger charge is -2.34. The summed E-state index contributed by atoms with van der Waals surface area (Å²) >= 11 is 2.95. The van der Waals surface area contributed by atoms with Crippen LogP contribution in [0.4, 0.5) is 0 Å². The maximum absolute atomic E-state index is 12.4. The van der Waals surface area contributed by atoms with E-state index in [-0.39, 0.29) is 29.9 Å². The van der Waals surface area contributed by atoms with E-state index in [1.807, 2.05) is 17.2 Å². The molecule has 2 aromatic rings. The van der Waals surface area contributed by atoms with Crippen molar-refractivity contribution in [2.75, 3.05) is 18.8 Å². The van der Waals surface area contributed by atoms with E-state index in [1.54, 1.807) is 12.3 Å². The number of amides is 1. The summed E-state index contributed by atoms with van der Waals surface area (Å²) in [5.74, 6) is 1.53. The number of rotatable bonds is 5. The van der Waals surface area contributed by atoms with Gasteiger partial charge >= 0.3 is 0 Å². The van der Waals surface area contributed by atoms with E-state index < -0.39 is 0 Å². The van der Waals surface area contributed by atoms with Crippen LogP contribution in [-0.2, 0) is 10.5 Å². The van der Waals surface area contributed by atoms with E-state index in [0.29, 0.717) is 22.4 Å².